The van der Waals surface area contributed by atoms with E-state index in [9.17, 15) is 9.59 Å². The monoisotopic (exact) mass is 327 g/mol. The van der Waals surface area contributed by atoms with Gasteiger partial charge in [0.15, 0.2) is 6.10 Å². The minimum atomic E-state index is -0.923. The topological polar surface area (TPSA) is 64.6 Å². The number of aryl methyl sites for hydroxylation is 1. The minimum absolute atomic E-state index is 0.284. The van der Waals surface area contributed by atoms with Gasteiger partial charge in [0.05, 0.1) is 7.11 Å². The summed E-state index contributed by atoms with van der Waals surface area (Å²) in [6, 6.07) is 14.3. The van der Waals surface area contributed by atoms with E-state index < -0.39 is 12.1 Å². The lowest BCUT2D eigenvalue weighted by Crippen LogP contribution is -2.30. The summed E-state index contributed by atoms with van der Waals surface area (Å²) in [5.41, 5.74) is 2.13. The Morgan fingerprint density at radius 2 is 1.75 bits per heavy atom. The van der Waals surface area contributed by atoms with Gasteiger partial charge in [0.1, 0.15) is 11.3 Å². The van der Waals surface area contributed by atoms with Crippen molar-refractivity contribution in [2.24, 2.45) is 0 Å². The van der Waals surface area contributed by atoms with Gasteiger partial charge in [-0.15, -0.1) is 0 Å². The van der Waals surface area contributed by atoms with E-state index in [0.717, 1.165) is 6.42 Å². The minimum Gasteiger partial charge on any atom is -0.496 e. The summed E-state index contributed by atoms with van der Waals surface area (Å²) >= 11 is 0. The van der Waals surface area contributed by atoms with Gasteiger partial charge in [0, 0.05) is 5.69 Å². The Bertz CT molecular complexity index is 710. The SMILES string of the molecule is CCc1ccc(NC(=O)[C@@H](C)OC(=O)c2ccccc2OC)cc1. The molecule has 0 spiro atoms. The molecule has 0 radical (unpaired) electrons. The highest BCUT2D eigenvalue weighted by Crippen LogP contribution is 2.19. The van der Waals surface area contributed by atoms with Gasteiger partial charge in [-0.05, 0) is 43.2 Å². The van der Waals surface area contributed by atoms with Gasteiger partial charge in [-0.2, -0.15) is 0 Å². The zero-order chi connectivity index (χ0) is 17.5. The Labute approximate surface area is 141 Å². The lowest BCUT2D eigenvalue weighted by Gasteiger charge is -2.15. The van der Waals surface area contributed by atoms with Crippen LogP contribution in [0.25, 0.3) is 0 Å². The summed E-state index contributed by atoms with van der Waals surface area (Å²) in [7, 11) is 1.47. The van der Waals surface area contributed by atoms with Crippen molar-refractivity contribution in [2.45, 2.75) is 26.4 Å². The summed E-state index contributed by atoms with van der Waals surface area (Å²) < 4.78 is 10.4. The van der Waals surface area contributed by atoms with Gasteiger partial charge in [0.2, 0.25) is 0 Å². The highest BCUT2D eigenvalue weighted by Gasteiger charge is 2.21. The van der Waals surface area contributed by atoms with Crippen LogP contribution in [0.4, 0.5) is 5.69 Å². The number of amides is 1. The van der Waals surface area contributed by atoms with Gasteiger partial charge >= 0.3 is 5.97 Å². The van der Waals surface area contributed by atoms with E-state index in [1.54, 1.807) is 24.3 Å². The number of carbonyl (C=O) groups is 2. The van der Waals surface area contributed by atoms with Gasteiger partial charge < -0.3 is 14.8 Å². The first-order valence-corrected chi connectivity index (χ1v) is 7.79. The van der Waals surface area contributed by atoms with Crippen molar-refractivity contribution < 1.29 is 19.1 Å². The molecule has 5 heteroatoms. The highest BCUT2D eigenvalue weighted by molar-refractivity contribution is 5.98. The van der Waals surface area contributed by atoms with Crippen LogP contribution in [-0.4, -0.2) is 25.1 Å². The van der Waals surface area contributed by atoms with E-state index in [2.05, 4.69) is 12.2 Å². The molecule has 0 saturated heterocycles. The number of ether oxygens (including phenoxy) is 2. The van der Waals surface area contributed by atoms with E-state index in [4.69, 9.17) is 9.47 Å². The summed E-state index contributed by atoms with van der Waals surface area (Å²) in [5.74, 6) is -0.579. The highest BCUT2D eigenvalue weighted by atomic mass is 16.5. The molecule has 1 atom stereocenters. The number of para-hydroxylation sites is 1. The fourth-order valence-corrected chi connectivity index (χ4v) is 2.16. The molecule has 0 unspecified atom stereocenters. The Hall–Kier alpha value is -2.82. The maximum atomic E-state index is 12.2. The molecule has 2 rings (SSSR count). The third-order valence-corrected chi connectivity index (χ3v) is 3.61. The molecule has 2 aromatic carbocycles. The number of esters is 1. The second kappa shape index (κ2) is 8.15. The van der Waals surface area contributed by atoms with Crippen LogP contribution < -0.4 is 10.1 Å². The number of benzene rings is 2. The molecular formula is C19H21NO4. The smallest absolute Gasteiger partial charge is 0.342 e. The Kier molecular flexibility index (Phi) is 5.95. The molecule has 0 saturated carbocycles. The predicted octanol–water partition coefficient (Wildman–Crippen LogP) is 3.44. The van der Waals surface area contributed by atoms with Crippen molar-refractivity contribution in [2.75, 3.05) is 12.4 Å². The molecule has 0 fully saturated rings. The van der Waals surface area contributed by atoms with Crippen LogP contribution in [0, 0.1) is 0 Å². The molecule has 0 heterocycles. The number of hydrogen-bond donors (Lipinski definition) is 1. The Balaban J connectivity index is 1.98. The first-order chi connectivity index (χ1) is 11.5. The molecule has 0 aliphatic rings. The van der Waals surface area contributed by atoms with E-state index in [0.29, 0.717) is 11.4 Å². The van der Waals surface area contributed by atoms with Crippen molar-refractivity contribution in [3.63, 3.8) is 0 Å². The number of rotatable bonds is 6. The van der Waals surface area contributed by atoms with Crippen LogP contribution >= 0.6 is 0 Å². The number of nitrogens with one attached hydrogen (secondary N) is 1. The molecule has 0 aliphatic carbocycles. The summed E-state index contributed by atoms with van der Waals surface area (Å²) in [4.78, 5) is 24.4. The van der Waals surface area contributed by atoms with E-state index >= 15 is 0 Å². The van der Waals surface area contributed by atoms with Gasteiger partial charge in [0.25, 0.3) is 5.91 Å². The van der Waals surface area contributed by atoms with Crippen LogP contribution in [0.2, 0.25) is 0 Å². The van der Waals surface area contributed by atoms with E-state index in [-0.39, 0.29) is 11.5 Å². The standard InChI is InChI=1S/C19H21NO4/c1-4-14-9-11-15(12-10-14)20-18(21)13(2)24-19(22)16-7-5-6-8-17(16)23-3/h5-13H,4H2,1-3H3,(H,20,21)/t13-/m1/s1. The third-order valence-electron chi connectivity index (χ3n) is 3.61. The van der Waals surface area contributed by atoms with Crippen molar-refractivity contribution in [1.29, 1.82) is 0 Å². The second-order valence-corrected chi connectivity index (χ2v) is 5.29. The second-order valence-electron chi connectivity index (χ2n) is 5.29. The van der Waals surface area contributed by atoms with Gasteiger partial charge in [-0.1, -0.05) is 31.2 Å². The van der Waals surface area contributed by atoms with Gasteiger partial charge in [-0.3, -0.25) is 4.79 Å². The Morgan fingerprint density at radius 1 is 1.08 bits per heavy atom. The van der Waals surface area contributed by atoms with Crippen LogP contribution in [0.3, 0.4) is 0 Å². The lowest BCUT2D eigenvalue weighted by molar-refractivity contribution is -0.123. The molecule has 1 N–H and O–H groups in total. The molecule has 5 nitrogen and oxygen atoms in total. The first-order valence-electron chi connectivity index (χ1n) is 7.79. The maximum absolute atomic E-state index is 12.2. The zero-order valence-corrected chi connectivity index (χ0v) is 14.0. The fourth-order valence-electron chi connectivity index (χ4n) is 2.16. The van der Waals surface area contributed by atoms with Crippen LogP contribution in [0.15, 0.2) is 48.5 Å². The molecule has 0 aliphatic heterocycles. The molecule has 0 aromatic heterocycles. The number of anilines is 1. The summed E-state index contributed by atoms with van der Waals surface area (Å²) in [6.07, 6.45) is 0.00879. The zero-order valence-electron chi connectivity index (χ0n) is 14.0. The summed E-state index contributed by atoms with van der Waals surface area (Å²) in [6.45, 7) is 3.59. The van der Waals surface area contributed by atoms with Crippen LogP contribution in [-0.2, 0) is 16.0 Å². The number of carbonyl (C=O) groups excluding carboxylic acids is 2. The Morgan fingerprint density at radius 3 is 2.38 bits per heavy atom. The van der Waals surface area contributed by atoms with Crippen molar-refractivity contribution in [3.8, 4) is 5.75 Å². The fraction of sp³-hybridized carbons (Fsp3) is 0.263. The van der Waals surface area contributed by atoms with Gasteiger partial charge in [-0.25, -0.2) is 4.79 Å². The van der Waals surface area contributed by atoms with Crippen molar-refractivity contribution in [3.05, 3.63) is 59.7 Å². The van der Waals surface area contributed by atoms with Crippen LogP contribution in [0.5, 0.6) is 5.75 Å². The largest absolute Gasteiger partial charge is 0.496 e. The number of hydrogen-bond acceptors (Lipinski definition) is 4. The average Bonchev–Trinajstić information content (AvgIpc) is 2.62. The number of methoxy groups -OCH3 is 1. The average molecular weight is 327 g/mol. The predicted molar refractivity (Wildman–Crippen MR) is 92.3 cm³/mol. The van der Waals surface area contributed by atoms with Crippen LogP contribution in [0.1, 0.15) is 29.8 Å². The lowest BCUT2D eigenvalue weighted by atomic mass is 10.1. The molecule has 0 bridgehead atoms. The molecular weight excluding hydrogens is 306 g/mol. The van der Waals surface area contributed by atoms with Crippen molar-refractivity contribution in [1.82, 2.24) is 0 Å². The molecule has 126 valence electrons. The van der Waals surface area contributed by atoms with Crippen molar-refractivity contribution >= 4 is 17.6 Å². The first kappa shape index (κ1) is 17.5. The quantitative estimate of drug-likeness (QED) is 0.826. The summed E-state index contributed by atoms with van der Waals surface area (Å²) in [5, 5.41) is 2.73. The van der Waals surface area contributed by atoms with E-state index in [1.165, 1.54) is 19.6 Å². The molecule has 2 aromatic rings. The third kappa shape index (κ3) is 4.35. The maximum Gasteiger partial charge on any atom is 0.342 e. The normalized spacial score (nSPS) is 11.5. The molecule has 1 amide bonds. The van der Waals surface area contributed by atoms with E-state index in [1.807, 2.05) is 24.3 Å². The molecule has 24 heavy (non-hydrogen) atoms.